The smallest absolute Gasteiger partial charge is 0.243 e. The van der Waals surface area contributed by atoms with E-state index < -0.39 is 10.0 Å². The van der Waals surface area contributed by atoms with Crippen molar-refractivity contribution in [1.82, 2.24) is 14.2 Å². The summed E-state index contributed by atoms with van der Waals surface area (Å²) in [7, 11) is -3.61. The molecule has 0 saturated carbocycles. The summed E-state index contributed by atoms with van der Waals surface area (Å²) in [4.78, 5) is 21.3. The summed E-state index contributed by atoms with van der Waals surface area (Å²) in [6.45, 7) is 4.64. The van der Waals surface area contributed by atoms with Gasteiger partial charge in [-0.1, -0.05) is 17.7 Å². The van der Waals surface area contributed by atoms with Crippen LogP contribution in [0.5, 0.6) is 0 Å². The molecule has 2 saturated heterocycles. The summed E-state index contributed by atoms with van der Waals surface area (Å²) in [5, 5.41) is 3.43. The number of rotatable bonds is 6. The van der Waals surface area contributed by atoms with Crippen LogP contribution in [0.15, 0.2) is 47.5 Å². The van der Waals surface area contributed by atoms with Crippen molar-refractivity contribution in [2.75, 3.05) is 69.2 Å². The highest BCUT2D eigenvalue weighted by molar-refractivity contribution is 7.89. The van der Waals surface area contributed by atoms with Crippen molar-refractivity contribution >= 4 is 39.0 Å². The number of amides is 1. The van der Waals surface area contributed by atoms with Gasteiger partial charge >= 0.3 is 0 Å². The number of nitrogens with zero attached hydrogens (tertiary/aromatic N) is 4. The van der Waals surface area contributed by atoms with Crippen molar-refractivity contribution in [3.8, 4) is 0 Å². The van der Waals surface area contributed by atoms with E-state index in [0.29, 0.717) is 37.0 Å². The quantitative estimate of drug-likeness (QED) is 0.671. The molecule has 0 spiro atoms. The van der Waals surface area contributed by atoms with E-state index in [2.05, 4.69) is 20.1 Å². The fourth-order valence-electron chi connectivity index (χ4n) is 3.76. The minimum absolute atomic E-state index is 0.168. The lowest BCUT2D eigenvalue weighted by Crippen LogP contribution is -2.48. The molecule has 0 aliphatic carbocycles. The summed E-state index contributed by atoms with van der Waals surface area (Å²) in [6, 6.07) is 10.1. The summed E-state index contributed by atoms with van der Waals surface area (Å²) < 4.78 is 32.3. The SMILES string of the molecule is O=C(CN1CCN(c2ccc(Cl)cn2)CC1)Nc1cccc(S(=O)(=O)N2CCOCC2)c1. The minimum Gasteiger partial charge on any atom is -0.379 e. The highest BCUT2D eigenvalue weighted by Crippen LogP contribution is 2.21. The number of anilines is 2. The highest BCUT2D eigenvalue weighted by Gasteiger charge is 2.26. The summed E-state index contributed by atoms with van der Waals surface area (Å²) >= 11 is 5.90. The first-order valence-electron chi connectivity index (χ1n) is 10.5. The summed E-state index contributed by atoms with van der Waals surface area (Å²) in [5.41, 5.74) is 0.466. The third kappa shape index (κ3) is 5.57. The number of halogens is 1. The van der Waals surface area contributed by atoms with Crippen molar-refractivity contribution in [2.24, 2.45) is 0 Å². The van der Waals surface area contributed by atoms with E-state index >= 15 is 0 Å². The molecule has 2 aliphatic rings. The van der Waals surface area contributed by atoms with E-state index in [0.717, 1.165) is 32.0 Å². The van der Waals surface area contributed by atoms with Crippen LogP contribution in [0.3, 0.4) is 0 Å². The number of hydrogen-bond donors (Lipinski definition) is 1. The molecule has 1 aromatic heterocycles. The summed E-state index contributed by atoms with van der Waals surface area (Å²) in [5.74, 6) is 0.695. The van der Waals surface area contributed by atoms with Crippen LogP contribution in [-0.4, -0.2) is 87.5 Å². The number of aromatic nitrogens is 1. The van der Waals surface area contributed by atoms with Crippen LogP contribution in [0.1, 0.15) is 0 Å². The van der Waals surface area contributed by atoms with Crippen LogP contribution in [0.25, 0.3) is 0 Å². The van der Waals surface area contributed by atoms with Crippen LogP contribution in [0.4, 0.5) is 11.5 Å². The van der Waals surface area contributed by atoms with E-state index in [1.165, 1.54) is 10.4 Å². The molecule has 2 fully saturated rings. The molecule has 0 unspecified atom stereocenters. The topological polar surface area (TPSA) is 95.1 Å². The first-order valence-corrected chi connectivity index (χ1v) is 12.3. The minimum atomic E-state index is -3.61. The van der Waals surface area contributed by atoms with E-state index in [1.54, 1.807) is 24.4 Å². The molecule has 0 bridgehead atoms. The molecule has 1 aromatic carbocycles. The molecule has 0 atom stereocenters. The van der Waals surface area contributed by atoms with Gasteiger partial charge in [0.15, 0.2) is 0 Å². The molecule has 172 valence electrons. The van der Waals surface area contributed by atoms with E-state index in [9.17, 15) is 13.2 Å². The van der Waals surface area contributed by atoms with Crippen LogP contribution in [0, 0.1) is 0 Å². The van der Waals surface area contributed by atoms with Gasteiger partial charge in [-0.2, -0.15) is 4.31 Å². The van der Waals surface area contributed by atoms with Crippen LogP contribution < -0.4 is 10.2 Å². The Labute approximate surface area is 193 Å². The second kappa shape index (κ2) is 10.1. The average Bonchev–Trinajstić information content (AvgIpc) is 2.81. The Hall–Kier alpha value is -2.24. The molecular weight excluding hydrogens is 454 g/mol. The number of hydrogen-bond acceptors (Lipinski definition) is 7. The Morgan fingerprint density at radius 3 is 2.50 bits per heavy atom. The monoisotopic (exact) mass is 479 g/mol. The number of ether oxygens (including phenoxy) is 1. The van der Waals surface area contributed by atoms with Gasteiger partial charge in [-0.3, -0.25) is 9.69 Å². The van der Waals surface area contributed by atoms with Gasteiger partial charge in [-0.25, -0.2) is 13.4 Å². The van der Waals surface area contributed by atoms with Gasteiger partial charge in [0.1, 0.15) is 5.82 Å². The van der Waals surface area contributed by atoms with Crippen molar-refractivity contribution < 1.29 is 17.9 Å². The number of carbonyl (C=O) groups is 1. The lowest BCUT2D eigenvalue weighted by atomic mass is 10.3. The van der Waals surface area contributed by atoms with Gasteiger partial charge in [0.05, 0.1) is 29.7 Å². The molecule has 1 N–H and O–H groups in total. The third-order valence-corrected chi connectivity index (χ3v) is 7.62. The zero-order valence-corrected chi connectivity index (χ0v) is 19.2. The molecule has 2 aromatic rings. The lowest BCUT2D eigenvalue weighted by Gasteiger charge is -2.35. The lowest BCUT2D eigenvalue weighted by molar-refractivity contribution is -0.117. The van der Waals surface area contributed by atoms with Crippen LogP contribution >= 0.6 is 11.6 Å². The standard InChI is InChI=1S/C21H26ClN5O4S/c22-17-4-5-20(23-15-17)26-8-6-25(7-9-26)16-21(28)24-18-2-1-3-19(14-18)32(29,30)27-10-12-31-13-11-27/h1-5,14-15H,6-13,16H2,(H,24,28). The maximum Gasteiger partial charge on any atom is 0.243 e. The van der Waals surface area contributed by atoms with Gasteiger partial charge in [0.25, 0.3) is 0 Å². The number of piperazine rings is 1. The van der Waals surface area contributed by atoms with E-state index in [4.69, 9.17) is 16.3 Å². The first-order chi connectivity index (χ1) is 15.4. The van der Waals surface area contributed by atoms with Gasteiger partial charge in [-0.15, -0.1) is 0 Å². The molecule has 11 heteroatoms. The molecule has 2 aliphatic heterocycles. The van der Waals surface area contributed by atoms with Crippen molar-refractivity contribution in [1.29, 1.82) is 0 Å². The fraction of sp³-hybridized carbons (Fsp3) is 0.429. The number of carbonyl (C=O) groups excluding carboxylic acids is 1. The van der Waals surface area contributed by atoms with Gasteiger partial charge < -0.3 is 15.0 Å². The zero-order valence-electron chi connectivity index (χ0n) is 17.6. The largest absolute Gasteiger partial charge is 0.379 e. The number of pyridine rings is 1. The van der Waals surface area contributed by atoms with Gasteiger partial charge in [-0.05, 0) is 30.3 Å². The third-order valence-electron chi connectivity index (χ3n) is 5.50. The summed E-state index contributed by atoms with van der Waals surface area (Å²) in [6.07, 6.45) is 1.63. The predicted molar refractivity (Wildman–Crippen MR) is 123 cm³/mol. The zero-order chi connectivity index (χ0) is 22.6. The molecule has 3 heterocycles. The maximum atomic E-state index is 12.8. The number of morpholine rings is 1. The Morgan fingerprint density at radius 2 is 1.81 bits per heavy atom. The Balaban J connectivity index is 1.31. The van der Waals surface area contributed by atoms with Crippen LogP contribution in [-0.2, 0) is 19.6 Å². The van der Waals surface area contributed by atoms with E-state index in [-0.39, 0.29) is 17.3 Å². The molecule has 0 radical (unpaired) electrons. The Morgan fingerprint density at radius 1 is 1.06 bits per heavy atom. The molecule has 4 rings (SSSR count). The molecular formula is C21H26ClN5O4S. The first kappa shape index (κ1) is 22.9. The number of benzene rings is 1. The highest BCUT2D eigenvalue weighted by atomic mass is 35.5. The predicted octanol–water partition coefficient (Wildman–Crippen LogP) is 1.52. The number of nitrogens with one attached hydrogen (secondary N) is 1. The van der Waals surface area contributed by atoms with Gasteiger partial charge in [0, 0.05) is 51.2 Å². The van der Waals surface area contributed by atoms with E-state index in [1.807, 2.05) is 12.1 Å². The fourth-order valence-corrected chi connectivity index (χ4v) is 5.33. The average molecular weight is 480 g/mol. The number of sulfonamides is 1. The van der Waals surface area contributed by atoms with Crippen molar-refractivity contribution in [3.63, 3.8) is 0 Å². The second-order valence-corrected chi connectivity index (χ2v) is 10.1. The van der Waals surface area contributed by atoms with Crippen molar-refractivity contribution in [3.05, 3.63) is 47.6 Å². The molecule has 1 amide bonds. The molecule has 32 heavy (non-hydrogen) atoms. The Kier molecular flexibility index (Phi) is 7.27. The van der Waals surface area contributed by atoms with Crippen LogP contribution in [0.2, 0.25) is 5.02 Å². The van der Waals surface area contributed by atoms with Gasteiger partial charge in [0.2, 0.25) is 15.9 Å². The maximum absolute atomic E-state index is 12.8. The second-order valence-electron chi connectivity index (χ2n) is 7.69. The Bertz CT molecular complexity index is 1040. The molecule has 9 nitrogen and oxygen atoms in total. The van der Waals surface area contributed by atoms with Crippen molar-refractivity contribution in [2.45, 2.75) is 4.90 Å². The normalized spacial score (nSPS) is 18.5.